The predicted molar refractivity (Wildman–Crippen MR) is 158 cm³/mol. The first-order valence-corrected chi connectivity index (χ1v) is 14.0. The predicted octanol–water partition coefficient (Wildman–Crippen LogP) is 5.73. The summed E-state index contributed by atoms with van der Waals surface area (Å²) < 4.78 is 5.50. The maximum absolute atomic E-state index is 14.6. The van der Waals surface area contributed by atoms with Gasteiger partial charge in [-0.2, -0.15) is 0 Å². The van der Waals surface area contributed by atoms with Crippen molar-refractivity contribution in [3.8, 4) is 5.75 Å². The molecule has 220 valence electrons. The summed E-state index contributed by atoms with van der Waals surface area (Å²) >= 11 is 0. The molecule has 0 spiro atoms. The Bertz CT molecular complexity index is 1140. The van der Waals surface area contributed by atoms with Gasteiger partial charge < -0.3 is 25.4 Å². The molecule has 8 heteroatoms. The lowest BCUT2D eigenvalue weighted by Crippen LogP contribution is -2.59. The molecule has 0 heterocycles. The Kier molecular flexibility index (Phi) is 11.2. The molecule has 2 atom stereocenters. The molecule has 0 saturated heterocycles. The van der Waals surface area contributed by atoms with E-state index in [1.165, 1.54) is 12.1 Å². The fourth-order valence-electron chi connectivity index (χ4n) is 4.65. The van der Waals surface area contributed by atoms with Crippen LogP contribution in [-0.4, -0.2) is 51.6 Å². The Morgan fingerprint density at radius 1 is 0.950 bits per heavy atom. The van der Waals surface area contributed by atoms with Gasteiger partial charge in [-0.05, 0) is 96.2 Å². The molecule has 0 aliphatic heterocycles. The number of amides is 3. The first kappa shape index (κ1) is 32.7. The third kappa shape index (κ3) is 9.28. The Balaban J connectivity index is 2.65. The minimum absolute atomic E-state index is 0.0990. The topological polar surface area (TPSA) is 108 Å². The van der Waals surface area contributed by atoms with E-state index in [4.69, 9.17) is 4.74 Å². The lowest BCUT2D eigenvalue weighted by Gasteiger charge is -2.43. The number of carbonyl (C=O) groups is 3. The molecule has 0 aromatic heterocycles. The summed E-state index contributed by atoms with van der Waals surface area (Å²) in [6.45, 7) is 17.3. The number of nitrogens with zero attached hydrogens (tertiary/aromatic N) is 1. The molecule has 2 unspecified atom stereocenters. The van der Waals surface area contributed by atoms with Gasteiger partial charge in [-0.3, -0.25) is 9.59 Å². The number of unbranched alkanes of at least 4 members (excludes halogenated alkanes) is 1. The van der Waals surface area contributed by atoms with Crippen molar-refractivity contribution in [1.82, 2.24) is 15.5 Å². The molecular weight excluding hydrogens is 506 g/mol. The largest absolute Gasteiger partial charge is 0.508 e. The number of aryl methyl sites for hydroxylation is 2. The minimum atomic E-state index is -1.03. The van der Waals surface area contributed by atoms with Gasteiger partial charge in [0.1, 0.15) is 23.4 Å². The van der Waals surface area contributed by atoms with Crippen LogP contribution in [0, 0.1) is 13.8 Å². The molecule has 2 aromatic rings. The van der Waals surface area contributed by atoms with Gasteiger partial charge in [0.05, 0.1) is 0 Å². The van der Waals surface area contributed by atoms with Crippen LogP contribution in [0.25, 0.3) is 0 Å². The fraction of sp³-hybridized carbons (Fsp3) is 0.531. The van der Waals surface area contributed by atoms with E-state index in [-0.39, 0.29) is 18.1 Å². The number of ether oxygens (including phenoxy) is 1. The molecular formula is C32H47N3O5. The molecule has 3 amide bonds. The molecule has 3 N–H and O–H groups in total. The molecule has 2 rings (SSSR count). The number of phenols is 1. The van der Waals surface area contributed by atoms with Gasteiger partial charge in [-0.15, -0.1) is 0 Å². The summed E-state index contributed by atoms with van der Waals surface area (Å²) in [5.74, 6) is -0.582. The number of benzene rings is 2. The van der Waals surface area contributed by atoms with Gasteiger partial charge >= 0.3 is 6.09 Å². The van der Waals surface area contributed by atoms with Crippen LogP contribution in [0.1, 0.15) is 89.6 Å². The minimum Gasteiger partial charge on any atom is -0.508 e. The average molecular weight is 554 g/mol. The van der Waals surface area contributed by atoms with Crippen molar-refractivity contribution < 1.29 is 24.2 Å². The van der Waals surface area contributed by atoms with Crippen LogP contribution in [0.5, 0.6) is 5.75 Å². The Hall–Kier alpha value is -3.55. The molecule has 0 saturated carbocycles. The first-order valence-electron chi connectivity index (χ1n) is 14.0. The highest BCUT2D eigenvalue weighted by Crippen LogP contribution is 2.34. The summed E-state index contributed by atoms with van der Waals surface area (Å²) in [4.78, 5) is 43.0. The number of nitrogens with one attached hydrogen (secondary N) is 2. The van der Waals surface area contributed by atoms with Crippen molar-refractivity contribution in [3.05, 3.63) is 64.7 Å². The monoisotopic (exact) mass is 553 g/mol. The highest BCUT2D eigenvalue weighted by atomic mass is 16.6. The summed E-state index contributed by atoms with van der Waals surface area (Å²) in [7, 11) is 0. The molecule has 0 radical (unpaired) electrons. The SMILES string of the molecule is CCCCNC(=O)C(c1c(C)cccc1C)N(C(=O)C(Cc1ccc(O)cc1)NC(=O)OC(C)(C)C)C(C)(C)C. The van der Waals surface area contributed by atoms with E-state index < -0.39 is 35.2 Å². The molecule has 0 bridgehead atoms. The van der Waals surface area contributed by atoms with Gasteiger partial charge in [-0.1, -0.05) is 43.7 Å². The zero-order valence-corrected chi connectivity index (χ0v) is 25.6. The number of hydrogen-bond acceptors (Lipinski definition) is 5. The van der Waals surface area contributed by atoms with E-state index in [1.807, 2.05) is 52.8 Å². The summed E-state index contributed by atoms with van der Waals surface area (Å²) in [5.41, 5.74) is 1.74. The number of hydrogen-bond donors (Lipinski definition) is 3. The van der Waals surface area contributed by atoms with Crippen molar-refractivity contribution in [2.24, 2.45) is 0 Å². The van der Waals surface area contributed by atoms with Crippen LogP contribution in [0.4, 0.5) is 4.79 Å². The normalized spacial score (nSPS) is 13.2. The summed E-state index contributed by atoms with van der Waals surface area (Å²) in [6, 6.07) is 10.3. The highest BCUT2D eigenvalue weighted by Gasteiger charge is 2.42. The van der Waals surface area contributed by atoms with Crippen LogP contribution in [0.15, 0.2) is 42.5 Å². The molecule has 0 aliphatic rings. The van der Waals surface area contributed by atoms with Crippen LogP contribution in [-0.2, 0) is 20.7 Å². The van der Waals surface area contributed by atoms with Gasteiger partial charge in [-0.25, -0.2) is 4.79 Å². The molecule has 0 fully saturated rings. The maximum atomic E-state index is 14.6. The van der Waals surface area contributed by atoms with Crippen LogP contribution in [0.2, 0.25) is 0 Å². The van der Waals surface area contributed by atoms with Gasteiger partial charge in [0.15, 0.2) is 0 Å². The number of phenolic OH excluding ortho intramolecular Hbond substituents is 1. The smallest absolute Gasteiger partial charge is 0.408 e. The molecule has 0 aliphatic carbocycles. The van der Waals surface area contributed by atoms with Gasteiger partial charge in [0.2, 0.25) is 11.8 Å². The maximum Gasteiger partial charge on any atom is 0.408 e. The molecule has 8 nitrogen and oxygen atoms in total. The Labute approximate surface area is 239 Å². The number of rotatable bonds is 10. The molecule has 2 aromatic carbocycles. The van der Waals surface area contributed by atoms with Crippen LogP contribution >= 0.6 is 0 Å². The van der Waals surface area contributed by atoms with Crippen molar-refractivity contribution >= 4 is 17.9 Å². The fourth-order valence-corrected chi connectivity index (χ4v) is 4.65. The van der Waals surface area contributed by atoms with Crippen molar-refractivity contribution in [3.63, 3.8) is 0 Å². The standard InChI is InChI=1S/C32H47N3O5/c1-10-11-19-33-28(37)27(26-21(2)13-12-14-22(26)3)35(31(4,5)6)29(38)25(34-30(39)40-32(7,8)9)20-23-15-17-24(36)18-16-23/h12-18,25,27,36H,10-11,19-20H2,1-9H3,(H,33,37)(H,34,39). The lowest BCUT2D eigenvalue weighted by molar-refractivity contribution is -0.148. The Morgan fingerprint density at radius 3 is 2.02 bits per heavy atom. The second kappa shape index (κ2) is 13.7. The second-order valence-corrected chi connectivity index (χ2v) is 12.3. The zero-order chi connectivity index (χ0) is 30.3. The lowest BCUT2D eigenvalue weighted by atomic mass is 9.89. The van der Waals surface area contributed by atoms with Crippen molar-refractivity contribution in [2.45, 2.75) is 105 Å². The van der Waals surface area contributed by atoms with E-state index in [1.54, 1.807) is 37.8 Å². The average Bonchev–Trinajstić information content (AvgIpc) is 2.82. The summed E-state index contributed by atoms with van der Waals surface area (Å²) in [6.07, 6.45) is 1.15. The Morgan fingerprint density at radius 2 is 1.52 bits per heavy atom. The van der Waals surface area contributed by atoms with Crippen molar-refractivity contribution in [2.75, 3.05) is 6.54 Å². The van der Waals surface area contributed by atoms with Crippen LogP contribution < -0.4 is 10.6 Å². The van der Waals surface area contributed by atoms with Gasteiger partial charge in [0.25, 0.3) is 0 Å². The third-order valence-corrected chi connectivity index (χ3v) is 6.48. The number of carbonyl (C=O) groups excluding carboxylic acids is 3. The first-order chi connectivity index (χ1) is 18.5. The number of aromatic hydroxyl groups is 1. The molecule has 40 heavy (non-hydrogen) atoms. The zero-order valence-electron chi connectivity index (χ0n) is 25.6. The van der Waals surface area contributed by atoms with E-state index >= 15 is 0 Å². The summed E-state index contributed by atoms with van der Waals surface area (Å²) in [5, 5.41) is 15.6. The van der Waals surface area contributed by atoms with E-state index in [0.717, 1.165) is 35.1 Å². The van der Waals surface area contributed by atoms with Gasteiger partial charge in [0, 0.05) is 18.5 Å². The van der Waals surface area contributed by atoms with Crippen molar-refractivity contribution in [1.29, 1.82) is 0 Å². The highest BCUT2D eigenvalue weighted by molar-refractivity contribution is 5.93. The van der Waals surface area contributed by atoms with E-state index in [9.17, 15) is 19.5 Å². The van der Waals surface area contributed by atoms with Crippen LogP contribution in [0.3, 0.4) is 0 Å². The number of alkyl carbamates (subject to hydrolysis) is 1. The quantitative estimate of drug-likeness (QED) is 0.326. The van der Waals surface area contributed by atoms with E-state index in [0.29, 0.717) is 6.54 Å². The second-order valence-electron chi connectivity index (χ2n) is 12.3. The van der Waals surface area contributed by atoms with E-state index in [2.05, 4.69) is 17.6 Å². The third-order valence-electron chi connectivity index (χ3n) is 6.48.